The second kappa shape index (κ2) is 5.42. The van der Waals surface area contributed by atoms with E-state index in [0.29, 0.717) is 17.1 Å². The van der Waals surface area contributed by atoms with E-state index in [1.807, 2.05) is 0 Å². The summed E-state index contributed by atoms with van der Waals surface area (Å²) < 4.78 is 5.04. The average Bonchev–Trinajstić information content (AvgIpc) is 2.41. The maximum atomic E-state index is 12.0. The average molecular weight is 265 g/mol. The van der Waals surface area contributed by atoms with Crippen LogP contribution in [-0.4, -0.2) is 28.2 Å². The molecule has 0 aliphatic rings. The van der Waals surface area contributed by atoms with Crippen LogP contribution in [0.3, 0.4) is 0 Å². The number of ether oxygens (including phenoxy) is 1. The van der Waals surface area contributed by atoms with Gasteiger partial charge in [-0.2, -0.15) is 0 Å². The Morgan fingerprint density at radius 3 is 2.83 bits per heavy atom. The molecule has 0 bridgehead atoms. The molecule has 0 aliphatic heterocycles. The standard InChI is InChI=1S/C11H9ClN4O2/c1-18-8-6-13-5-4-7(8)11(17)14-10-3-2-9(12)15-16-10/h2-6H,1H3,(H,14,16,17). The van der Waals surface area contributed by atoms with Gasteiger partial charge in [-0.15, -0.1) is 10.2 Å². The summed E-state index contributed by atoms with van der Waals surface area (Å²) in [5.41, 5.74) is 0.365. The number of nitrogens with one attached hydrogen (secondary N) is 1. The molecular formula is C11H9ClN4O2. The smallest absolute Gasteiger partial charge is 0.260 e. The highest BCUT2D eigenvalue weighted by atomic mass is 35.5. The Hall–Kier alpha value is -2.21. The molecule has 6 nitrogen and oxygen atoms in total. The van der Waals surface area contributed by atoms with Gasteiger partial charge < -0.3 is 10.1 Å². The van der Waals surface area contributed by atoms with Crippen LogP contribution < -0.4 is 10.1 Å². The summed E-state index contributed by atoms with van der Waals surface area (Å²) >= 11 is 5.60. The van der Waals surface area contributed by atoms with Crippen molar-refractivity contribution in [2.45, 2.75) is 0 Å². The topological polar surface area (TPSA) is 77.0 Å². The SMILES string of the molecule is COc1cnccc1C(=O)Nc1ccc(Cl)nn1. The number of carbonyl (C=O) groups is 1. The molecular weight excluding hydrogens is 256 g/mol. The molecule has 0 aromatic carbocycles. The third-order valence-electron chi connectivity index (χ3n) is 2.12. The maximum Gasteiger partial charge on any atom is 0.260 e. The van der Waals surface area contributed by atoms with E-state index in [-0.39, 0.29) is 11.1 Å². The number of rotatable bonds is 3. The number of hydrogen-bond acceptors (Lipinski definition) is 5. The van der Waals surface area contributed by atoms with Crippen LogP contribution in [0.5, 0.6) is 5.75 Å². The molecule has 2 aromatic heterocycles. The van der Waals surface area contributed by atoms with E-state index in [1.165, 1.54) is 25.6 Å². The summed E-state index contributed by atoms with van der Waals surface area (Å²) in [6.07, 6.45) is 2.97. The summed E-state index contributed by atoms with van der Waals surface area (Å²) in [5.74, 6) is 0.339. The Balaban J connectivity index is 2.19. The fraction of sp³-hybridized carbons (Fsp3) is 0.0909. The second-order valence-electron chi connectivity index (χ2n) is 3.27. The first-order valence-corrected chi connectivity index (χ1v) is 5.37. The molecule has 92 valence electrons. The fourth-order valence-electron chi connectivity index (χ4n) is 1.30. The molecule has 2 rings (SSSR count). The molecule has 0 fully saturated rings. The van der Waals surface area contributed by atoms with Crippen molar-refractivity contribution < 1.29 is 9.53 Å². The predicted molar refractivity (Wildman–Crippen MR) is 65.8 cm³/mol. The first-order chi connectivity index (χ1) is 8.70. The van der Waals surface area contributed by atoms with Gasteiger partial charge in [-0.3, -0.25) is 9.78 Å². The van der Waals surface area contributed by atoms with Crippen molar-refractivity contribution in [3.8, 4) is 5.75 Å². The number of nitrogens with zero attached hydrogens (tertiary/aromatic N) is 3. The number of methoxy groups -OCH3 is 1. The predicted octanol–water partition coefficient (Wildman–Crippen LogP) is 1.79. The van der Waals surface area contributed by atoms with E-state index in [2.05, 4.69) is 20.5 Å². The fourth-order valence-corrected chi connectivity index (χ4v) is 1.40. The highest BCUT2D eigenvalue weighted by molar-refractivity contribution is 6.29. The summed E-state index contributed by atoms with van der Waals surface area (Å²) in [7, 11) is 1.47. The van der Waals surface area contributed by atoms with Crippen LogP contribution in [0.4, 0.5) is 5.82 Å². The van der Waals surface area contributed by atoms with Crippen LogP contribution >= 0.6 is 11.6 Å². The Bertz CT molecular complexity index is 559. The van der Waals surface area contributed by atoms with Crippen LogP contribution in [0.25, 0.3) is 0 Å². The zero-order valence-electron chi connectivity index (χ0n) is 9.42. The molecule has 0 saturated heterocycles. The number of amides is 1. The zero-order chi connectivity index (χ0) is 13.0. The lowest BCUT2D eigenvalue weighted by molar-refractivity contribution is 0.102. The van der Waals surface area contributed by atoms with Crippen LogP contribution in [0.1, 0.15) is 10.4 Å². The number of pyridine rings is 1. The first-order valence-electron chi connectivity index (χ1n) is 4.99. The molecule has 0 spiro atoms. The zero-order valence-corrected chi connectivity index (χ0v) is 10.2. The Morgan fingerprint density at radius 2 is 2.17 bits per heavy atom. The molecule has 2 heterocycles. The number of anilines is 1. The number of hydrogen-bond donors (Lipinski definition) is 1. The van der Waals surface area contributed by atoms with E-state index < -0.39 is 0 Å². The monoisotopic (exact) mass is 264 g/mol. The summed E-state index contributed by atoms with van der Waals surface area (Å²) in [6.45, 7) is 0. The van der Waals surface area contributed by atoms with Gasteiger partial charge in [0.05, 0.1) is 18.9 Å². The molecule has 0 atom stereocenters. The van der Waals surface area contributed by atoms with Gasteiger partial charge in [0.2, 0.25) is 0 Å². The van der Waals surface area contributed by atoms with Gasteiger partial charge in [0, 0.05) is 6.20 Å². The third kappa shape index (κ3) is 2.72. The molecule has 0 saturated carbocycles. The second-order valence-corrected chi connectivity index (χ2v) is 3.66. The number of carbonyl (C=O) groups excluding carboxylic acids is 1. The third-order valence-corrected chi connectivity index (χ3v) is 2.32. The first kappa shape index (κ1) is 12.3. The largest absolute Gasteiger partial charge is 0.494 e. The van der Waals surface area contributed by atoms with Crippen molar-refractivity contribution in [2.24, 2.45) is 0 Å². The van der Waals surface area contributed by atoms with Crippen LogP contribution in [0, 0.1) is 0 Å². The number of halogens is 1. The highest BCUT2D eigenvalue weighted by Gasteiger charge is 2.12. The van der Waals surface area contributed by atoms with Crippen LogP contribution in [0.2, 0.25) is 5.15 Å². The van der Waals surface area contributed by atoms with Crippen molar-refractivity contribution >= 4 is 23.3 Å². The molecule has 1 amide bonds. The minimum Gasteiger partial charge on any atom is -0.494 e. The van der Waals surface area contributed by atoms with Crippen LogP contribution in [0.15, 0.2) is 30.6 Å². The van der Waals surface area contributed by atoms with Crippen LogP contribution in [-0.2, 0) is 0 Å². The minimum atomic E-state index is -0.356. The van der Waals surface area contributed by atoms with Gasteiger partial charge in [-0.05, 0) is 18.2 Å². The van der Waals surface area contributed by atoms with Gasteiger partial charge in [0.1, 0.15) is 5.75 Å². The lowest BCUT2D eigenvalue weighted by atomic mass is 10.2. The van der Waals surface area contributed by atoms with Crippen molar-refractivity contribution in [3.05, 3.63) is 41.3 Å². The summed E-state index contributed by atoms with van der Waals surface area (Å²) in [6, 6.07) is 4.65. The Labute approximate surface area is 108 Å². The highest BCUT2D eigenvalue weighted by Crippen LogP contribution is 2.17. The van der Waals surface area contributed by atoms with Gasteiger partial charge in [-0.1, -0.05) is 11.6 Å². The summed E-state index contributed by atoms with van der Waals surface area (Å²) in [5, 5.41) is 10.2. The van der Waals surface area contributed by atoms with E-state index in [4.69, 9.17) is 16.3 Å². The lowest BCUT2D eigenvalue weighted by Gasteiger charge is -2.07. The molecule has 2 aromatic rings. The van der Waals surface area contributed by atoms with Crippen molar-refractivity contribution in [1.29, 1.82) is 0 Å². The van der Waals surface area contributed by atoms with E-state index in [9.17, 15) is 4.79 Å². The molecule has 1 N–H and O–H groups in total. The number of aromatic nitrogens is 3. The van der Waals surface area contributed by atoms with Gasteiger partial charge in [-0.25, -0.2) is 0 Å². The maximum absolute atomic E-state index is 12.0. The van der Waals surface area contributed by atoms with Gasteiger partial charge in [0.25, 0.3) is 5.91 Å². The minimum absolute atomic E-state index is 0.259. The Morgan fingerprint density at radius 1 is 1.33 bits per heavy atom. The molecule has 18 heavy (non-hydrogen) atoms. The molecule has 7 heteroatoms. The van der Waals surface area contributed by atoms with Crippen molar-refractivity contribution in [2.75, 3.05) is 12.4 Å². The van der Waals surface area contributed by atoms with Crippen molar-refractivity contribution in [3.63, 3.8) is 0 Å². The molecule has 0 unspecified atom stereocenters. The molecule has 0 aliphatic carbocycles. The molecule has 0 radical (unpaired) electrons. The van der Waals surface area contributed by atoms with E-state index in [0.717, 1.165) is 0 Å². The summed E-state index contributed by atoms with van der Waals surface area (Å²) in [4.78, 5) is 15.8. The lowest BCUT2D eigenvalue weighted by Crippen LogP contribution is -2.14. The van der Waals surface area contributed by atoms with Gasteiger partial charge in [0.15, 0.2) is 11.0 Å². The van der Waals surface area contributed by atoms with Crippen molar-refractivity contribution in [1.82, 2.24) is 15.2 Å². The van der Waals surface area contributed by atoms with E-state index >= 15 is 0 Å². The Kier molecular flexibility index (Phi) is 3.69. The van der Waals surface area contributed by atoms with E-state index in [1.54, 1.807) is 12.1 Å². The quantitative estimate of drug-likeness (QED) is 0.914. The van der Waals surface area contributed by atoms with Gasteiger partial charge >= 0.3 is 0 Å². The normalized spacial score (nSPS) is 9.89.